The average molecular weight is 994 g/mol. The number of nitrogens with zero attached hydrogens (tertiary/aromatic N) is 5. The van der Waals surface area contributed by atoms with Crippen molar-refractivity contribution in [2.75, 3.05) is 52.8 Å². The minimum Gasteiger partial charge on any atom is -0.493 e. The summed E-state index contributed by atoms with van der Waals surface area (Å²) in [5.41, 5.74) is 4.40. The van der Waals surface area contributed by atoms with Crippen LogP contribution in [0.1, 0.15) is 50.9 Å². The molecule has 2 fully saturated rings. The van der Waals surface area contributed by atoms with E-state index in [1.54, 1.807) is 75.7 Å². The smallest absolute Gasteiger partial charge is 0.230 e. The number of alkyl halides is 1. The van der Waals surface area contributed by atoms with E-state index < -0.39 is 11.6 Å². The molecule has 0 atom stereocenters. The molecule has 0 radical (unpaired) electrons. The summed E-state index contributed by atoms with van der Waals surface area (Å²) in [6.07, 6.45) is 6.39. The summed E-state index contributed by atoms with van der Waals surface area (Å²) in [5, 5.41) is 5.45. The molecule has 19 heteroatoms. The van der Waals surface area contributed by atoms with E-state index in [-0.39, 0.29) is 52.9 Å². The van der Waals surface area contributed by atoms with Crippen molar-refractivity contribution in [3.63, 3.8) is 0 Å². The Balaban J connectivity index is 0.000000175. The number of aromatic nitrogens is 6. The molecule has 0 bridgehead atoms. The number of hydrogen-bond acceptors (Lipinski definition) is 14. The normalized spacial score (nSPS) is 14.4. The number of carbonyl (C=O) groups excluding carboxylic acids is 2. The molecule has 4 aromatic heterocycles. The number of hydrogen-bond donors (Lipinski definition) is 3. The van der Waals surface area contributed by atoms with Crippen LogP contribution < -0.4 is 33.7 Å². The van der Waals surface area contributed by atoms with Gasteiger partial charge in [0.05, 0.1) is 48.5 Å². The molecule has 0 saturated carbocycles. The highest BCUT2D eigenvalue weighted by atomic mass is 35.5. The van der Waals surface area contributed by atoms with Gasteiger partial charge >= 0.3 is 0 Å². The lowest BCUT2D eigenvalue weighted by Gasteiger charge is -2.31. The molecule has 372 valence electrons. The number of methoxy groups -OCH3 is 2. The molecular weight excluding hydrogens is 938 g/mol. The molecule has 16 nitrogen and oxygen atoms in total. The summed E-state index contributed by atoms with van der Waals surface area (Å²) in [4.78, 5) is 46.6. The number of rotatable bonds is 13. The van der Waals surface area contributed by atoms with E-state index in [0.717, 1.165) is 68.8 Å². The van der Waals surface area contributed by atoms with Gasteiger partial charge in [0.1, 0.15) is 36.4 Å². The first-order chi connectivity index (χ1) is 34.3. The number of ketones is 2. The van der Waals surface area contributed by atoms with Crippen molar-refractivity contribution in [3.05, 3.63) is 96.3 Å². The third-order valence-electron chi connectivity index (χ3n) is 11.9. The van der Waals surface area contributed by atoms with Crippen LogP contribution in [0.4, 0.5) is 8.78 Å². The first-order valence-corrected chi connectivity index (χ1v) is 23.7. The lowest BCUT2D eigenvalue weighted by atomic mass is 10.1. The predicted molar refractivity (Wildman–Crippen MR) is 267 cm³/mol. The number of aromatic amines is 2. The Morgan fingerprint density at radius 3 is 1.49 bits per heavy atom. The maximum atomic E-state index is 15.1. The zero-order valence-electron chi connectivity index (χ0n) is 40.3. The van der Waals surface area contributed by atoms with Gasteiger partial charge in [0.2, 0.25) is 11.8 Å². The number of carbonyl (C=O) groups is 2. The van der Waals surface area contributed by atoms with Crippen LogP contribution in [0.3, 0.4) is 0 Å². The van der Waals surface area contributed by atoms with E-state index in [2.05, 4.69) is 40.1 Å². The number of nitrogens with one attached hydrogen (secondary N) is 3. The molecule has 2 aliphatic heterocycles. The number of aryl methyl sites for hydroxylation is 2. The van der Waals surface area contributed by atoms with Crippen LogP contribution in [-0.4, -0.2) is 111 Å². The molecule has 71 heavy (non-hydrogen) atoms. The van der Waals surface area contributed by atoms with E-state index in [1.807, 2.05) is 19.9 Å². The van der Waals surface area contributed by atoms with Gasteiger partial charge in [-0.3, -0.25) is 14.5 Å². The number of ether oxygens (including phenoxy) is 6. The van der Waals surface area contributed by atoms with Crippen LogP contribution >= 0.6 is 11.6 Å². The average Bonchev–Trinajstić information content (AvgIpc) is 3.96. The highest BCUT2D eigenvalue weighted by Crippen LogP contribution is 2.40. The number of piperidine rings is 2. The molecule has 4 aromatic carbocycles. The van der Waals surface area contributed by atoms with E-state index in [1.165, 1.54) is 19.6 Å². The maximum Gasteiger partial charge on any atom is 0.230 e. The van der Waals surface area contributed by atoms with E-state index in [0.29, 0.717) is 67.6 Å². The second-order valence-corrected chi connectivity index (χ2v) is 17.7. The summed E-state index contributed by atoms with van der Waals surface area (Å²) >= 11 is 4.99. The van der Waals surface area contributed by atoms with Crippen LogP contribution in [0.25, 0.3) is 43.6 Å². The molecule has 3 N–H and O–H groups in total. The van der Waals surface area contributed by atoms with Gasteiger partial charge in [-0.25, -0.2) is 28.7 Å². The SMILES string of the molecule is CC(=O)CCl.COc1cc2c(Oc3ccc4[nH]c(C)cc4c3F)ncnc2cc1OC1CCN(CC(C)=O)CC1.COc1cc2c(Oc3ccc4[nH]c(C)cc4c3F)ncnc2cc1OC1CCNCC1. The van der Waals surface area contributed by atoms with Crippen molar-refractivity contribution in [1.82, 2.24) is 40.1 Å². The van der Waals surface area contributed by atoms with Gasteiger partial charge in [-0.05, 0) is 115 Å². The zero-order valence-corrected chi connectivity index (χ0v) is 41.0. The zero-order chi connectivity index (χ0) is 50.2. The molecule has 6 heterocycles. The molecular formula is C52H55ClF2N8O8. The summed E-state index contributed by atoms with van der Waals surface area (Å²) in [7, 11) is 3.15. The third-order valence-corrected chi connectivity index (χ3v) is 12.3. The Bertz CT molecular complexity index is 3190. The molecule has 0 unspecified atom stereocenters. The van der Waals surface area contributed by atoms with Crippen molar-refractivity contribution in [2.45, 2.75) is 65.6 Å². The Labute approximate surface area is 413 Å². The van der Waals surface area contributed by atoms with Crippen molar-refractivity contribution < 1.29 is 46.8 Å². The monoisotopic (exact) mass is 992 g/mol. The second-order valence-electron chi connectivity index (χ2n) is 17.4. The van der Waals surface area contributed by atoms with Gasteiger partial charge in [-0.15, -0.1) is 11.6 Å². The second kappa shape index (κ2) is 22.7. The lowest BCUT2D eigenvalue weighted by Crippen LogP contribution is -2.40. The van der Waals surface area contributed by atoms with E-state index in [4.69, 9.17) is 40.0 Å². The van der Waals surface area contributed by atoms with Crippen LogP contribution in [0.2, 0.25) is 0 Å². The Hall–Kier alpha value is -7.15. The van der Waals surface area contributed by atoms with Gasteiger partial charge < -0.3 is 43.7 Å². The molecule has 2 aliphatic rings. The third kappa shape index (κ3) is 12.1. The first-order valence-electron chi connectivity index (χ1n) is 23.2. The number of H-pyrrole nitrogens is 2. The molecule has 8 aromatic rings. The minimum atomic E-state index is -0.457. The topological polar surface area (TPSA) is 188 Å². The van der Waals surface area contributed by atoms with Gasteiger partial charge in [-0.1, -0.05) is 0 Å². The molecule has 0 spiro atoms. The number of likely N-dealkylation sites (tertiary alicyclic amines) is 1. The Morgan fingerprint density at radius 1 is 0.620 bits per heavy atom. The summed E-state index contributed by atoms with van der Waals surface area (Å²) < 4.78 is 65.5. The van der Waals surface area contributed by atoms with Crippen molar-refractivity contribution in [2.24, 2.45) is 0 Å². The first kappa shape index (κ1) is 50.2. The summed E-state index contributed by atoms with van der Waals surface area (Å²) in [6.45, 7) is 10.8. The van der Waals surface area contributed by atoms with E-state index >= 15 is 8.78 Å². The Morgan fingerprint density at radius 2 is 1.07 bits per heavy atom. The lowest BCUT2D eigenvalue weighted by molar-refractivity contribution is -0.118. The fraction of sp³-hybridized carbons (Fsp3) is 0.346. The van der Waals surface area contributed by atoms with Crippen LogP contribution in [0.15, 0.2) is 73.3 Å². The number of halogens is 3. The fourth-order valence-electron chi connectivity index (χ4n) is 8.46. The highest BCUT2D eigenvalue weighted by molar-refractivity contribution is 6.27. The van der Waals surface area contributed by atoms with Gasteiger partial charge in [0.25, 0.3) is 0 Å². The number of fused-ring (bicyclic) bond motifs is 4. The molecule has 10 rings (SSSR count). The summed E-state index contributed by atoms with van der Waals surface area (Å²) in [5.74, 6) is 2.36. The van der Waals surface area contributed by atoms with Crippen molar-refractivity contribution >= 4 is 66.8 Å². The minimum absolute atomic E-state index is 0.00717. The van der Waals surface area contributed by atoms with Gasteiger partial charge in [-0.2, -0.15) is 0 Å². The fourth-order valence-corrected chi connectivity index (χ4v) is 8.46. The number of benzene rings is 4. The molecule has 0 aliphatic carbocycles. The molecule has 0 amide bonds. The predicted octanol–water partition coefficient (Wildman–Crippen LogP) is 10.1. The van der Waals surface area contributed by atoms with Crippen molar-refractivity contribution in [1.29, 1.82) is 0 Å². The maximum absolute atomic E-state index is 15.1. The number of Topliss-reactive ketones (excluding diaryl/α,β-unsaturated/α-hetero) is 2. The highest BCUT2D eigenvalue weighted by Gasteiger charge is 2.24. The van der Waals surface area contributed by atoms with Crippen LogP contribution in [0, 0.1) is 25.5 Å². The Kier molecular flexibility index (Phi) is 16.1. The van der Waals surface area contributed by atoms with Crippen LogP contribution in [0.5, 0.6) is 46.3 Å². The molecule has 2 saturated heterocycles. The van der Waals surface area contributed by atoms with Gasteiger partial charge in [0.15, 0.2) is 46.1 Å². The van der Waals surface area contributed by atoms with Crippen molar-refractivity contribution in [3.8, 4) is 46.3 Å². The quantitative estimate of drug-likeness (QED) is 0.0926. The van der Waals surface area contributed by atoms with Crippen LogP contribution in [-0.2, 0) is 9.59 Å². The standard InChI is InChI=1S/C26H27FN4O4.C23H23FN4O3.C3H5ClO/c1-15-10-18-20(30-15)4-5-22(25(18)27)35-26-19-11-23(33-3)24(12-21(19)28-14-29-26)34-17-6-8-31(9-7-17)13-16(2)32;1-13-9-15-17(28-13)3-4-19(22(15)24)31-23-16-10-20(29-2)21(11-18(16)26-12-27-23)30-14-5-7-25-8-6-14;1-3(5)2-4/h4-5,10-12,14,17,30H,6-9,13H2,1-3H3;3-4,9-12,14,25,28H,5-8H2,1-2H3;2H2,1H3. The van der Waals surface area contributed by atoms with E-state index in [9.17, 15) is 9.59 Å². The summed E-state index contributed by atoms with van der Waals surface area (Å²) in [6, 6.07) is 17.4. The largest absolute Gasteiger partial charge is 0.493 e. The van der Waals surface area contributed by atoms with Gasteiger partial charge in [0, 0.05) is 58.4 Å².